The van der Waals surface area contributed by atoms with E-state index in [0.717, 1.165) is 31.6 Å². The normalized spacial score (nSPS) is 28.4. The lowest BCUT2D eigenvalue weighted by Crippen LogP contribution is -2.56. The second-order valence-corrected chi connectivity index (χ2v) is 7.31. The fourth-order valence-corrected chi connectivity index (χ4v) is 4.28. The number of aliphatic hydroxyl groups is 1. The molecule has 0 unspecified atom stereocenters. The van der Waals surface area contributed by atoms with Crippen LogP contribution in [0, 0.1) is 11.8 Å². The first kappa shape index (κ1) is 16.5. The molecule has 0 aliphatic carbocycles. The average molecular weight is 344 g/mol. The molecule has 2 fully saturated rings. The second-order valence-electron chi connectivity index (χ2n) is 7.31. The molecule has 0 saturated carbocycles. The van der Waals surface area contributed by atoms with Gasteiger partial charge in [-0.1, -0.05) is 6.92 Å². The third-order valence-corrected chi connectivity index (χ3v) is 5.91. The molecule has 3 heterocycles. The number of nitrogens with one attached hydrogen (secondary N) is 1. The van der Waals surface area contributed by atoms with Crippen molar-refractivity contribution in [2.75, 3.05) is 26.3 Å². The molecule has 2 aromatic rings. The Hall–Kier alpha value is -1.99. The molecule has 25 heavy (non-hydrogen) atoms. The molecule has 2 aliphatic rings. The minimum Gasteiger partial charge on any atom is -0.389 e. The maximum atomic E-state index is 12.9. The number of carbonyl (C=O) groups is 1. The summed E-state index contributed by atoms with van der Waals surface area (Å²) in [4.78, 5) is 14.7. The highest BCUT2D eigenvalue weighted by molar-refractivity contribution is 5.97. The molecule has 134 valence electrons. The van der Waals surface area contributed by atoms with Gasteiger partial charge in [0.25, 0.3) is 5.91 Å². The Kier molecular flexibility index (Phi) is 4.21. The van der Waals surface area contributed by atoms with Crippen LogP contribution >= 0.6 is 0 Å². The standard InChI is InChI=1S/C18H24N4O3/c1-12-11-22(7-6-18(12,24)14-4-8-25-9-5-14)17(23)13-2-3-15-16(10-13)20-21-19-15/h2-3,10,12,14,24H,4-9,11H2,1H3,(H,19,20,21)/t12-,18+/m1/s1. The van der Waals surface area contributed by atoms with Crippen molar-refractivity contribution in [2.45, 2.75) is 31.8 Å². The molecule has 2 N–H and O–H groups in total. The molecule has 1 aromatic carbocycles. The van der Waals surface area contributed by atoms with Crippen molar-refractivity contribution in [3.63, 3.8) is 0 Å². The Morgan fingerprint density at radius 1 is 1.32 bits per heavy atom. The van der Waals surface area contributed by atoms with Gasteiger partial charge < -0.3 is 14.7 Å². The number of aromatic nitrogens is 3. The number of benzene rings is 1. The summed E-state index contributed by atoms with van der Waals surface area (Å²) >= 11 is 0. The molecule has 1 aromatic heterocycles. The molecule has 2 aliphatic heterocycles. The Bertz CT molecular complexity index is 771. The van der Waals surface area contributed by atoms with Crippen molar-refractivity contribution in [3.8, 4) is 0 Å². The maximum absolute atomic E-state index is 12.9. The lowest BCUT2D eigenvalue weighted by atomic mass is 9.70. The van der Waals surface area contributed by atoms with Gasteiger partial charge in [-0.05, 0) is 43.4 Å². The highest BCUT2D eigenvalue weighted by Gasteiger charge is 2.46. The summed E-state index contributed by atoms with van der Waals surface area (Å²) in [6, 6.07) is 5.36. The van der Waals surface area contributed by atoms with E-state index in [-0.39, 0.29) is 17.7 Å². The summed E-state index contributed by atoms with van der Waals surface area (Å²) in [5, 5.41) is 21.9. The first-order valence-electron chi connectivity index (χ1n) is 8.98. The van der Waals surface area contributed by atoms with Gasteiger partial charge in [-0.2, -0.15) is 15.4 Å². The van der Waals surface area contributed by atoms with Crippen LogP contribution in [0.2, 0.25) is 0 Å². The Morgan fingerprint density at radius 2 is 2.08 bits per heavy atom. The van der Waals surface area contributed by atoms with Crippen LogP contribution in [0.15, 0.2) is 18.2 Å². The zero-order valence-corrected chi connectivity index (χ0v) is 14.4. The highest BCUT2D eigenvalue weighted by atomic mass is 16.5. The van der Waals surface area contributed by atoms with Gasteiger partial charge in [-0.15, -0.1) is 0 Å². The smallest absolute Gasteiger partial charge is 0.253 e. The van der Waals surface area contributed by atoms with Crippen molar-refractivity contribution in [3.05, 3.63) is 23.8 Å². The van der Waals surface area contributed by atoms with Gasteiger partial charge in [0.2, 0.25) is 0 Å². The van der Waals surface area contributed by atoms with Crippen molar-refractivity contribution in [2.24, 2.45) is 11.8 Å². The summed E-state index contributed by atoms with van der Waals surface area (Å²) in [5.74, 6) is 0.301. The predicted octanol–water partition coefficient (Wildman–Crippen LogP) is 1.60. The number of H-pyrrole nitrogens is 1. The number of aromatic amines is 1. The predicted molar refractivity (Wildman–Crippen MR) is 92.1 cm³/mol. The molecular weight excluding hydrogens is 320 g/mol. The number of hydrogen-bond acceptors (Lipinski definition) is 5. The number of ether oxygens (including phenoxy) is 1. The highest BCUT2D eigenvalue weighted by Crippen LogP contribution is 2.39. The lowest BCUT2D eigenvalue weighted by Gasteiger charge is -2.48. The zero-order valence-electron chi connectivity index (χ0n) is 14.4. The Balaban J connectivity index is 1.48. The number of nitrogens with zero attached hydrogens (tertiary/aromatic N) is 3. The fourth-order valence-electron chi connectivity index (χ4n) is 4.28. The van der Waals surface area contributed by atoms with Crippen molar-refractivity contribution in [1.82, 2.24) is 20.3 Å². The van der Waals surface area contributed by atoms with E-state index in [1.807, 2.05) is 4.90 Å². The van der Waals surface area contributed by atoms with E-state index in [1.165, 1.54) is 0 Å². The molecule has 4 rings (SSSR count). The van der Waals surface area contributed by atoms with Crippen LogP contribution in [0.3, 0.4) is 0 Å². The van der Waals surface area contributed by atoms with Crippen molar-refractivity contribution >= 4 is 16.9 Å². The lowest BCUT2D eigenvalue weighted by molar-refractivity contribution is -0.125. The summed E-state index contributed by atoms with van der Waals surface area (Å²) in [6.07, 6.45) is 2.42. The Labute approximate surface area is 146 Å². The summed E-state index contributed by atoms with van der Waals surface area (Å²) in [6.45, 7) is 4.65. The van der Waals surface area contributed by atoms with Gasteiger partial charge in [0.15, 0.2) is 0 Å². The van der Waals surface area contributed by atoms with Crippen LogP contribution in [0.1, 0.15) is 36.5 Å². The third-order valence-electron chi connectivity index (χ3n) is 5.91. The van der Waals surface area contributed by atoms with E-state index < -0.39 is 5.60 Å². The number of hydrogen-bond donors (Lipinski definition) is 2. The number of likely N-dealkylation sites (tertiary alicyclic amines) is 1. The van der Waals surface area contributed by atoms with Crippen LogP contribution < -0.4 is 0 Å². The van der Waals surface area contributed by atoms with Gasteiger partial charge in [0.05, 0.1) is 5.60 Å². The zero-order chi connectivity index (χ0) is 17.4. The number of fused-ring (bicyclic) bond motifs is 1. The molecular formula is C18H24N4O3. The van der Waals surface area contributed by atoms with Gasteiger partial charge >= 0.3 is 0 Å². The number of amides is 1. The van der Waals surface area contributed by atoms with Crippen molar-refractivity contribution < 1.29 is 14.6 Å². The van der Waals surface area contributed by atoms with E-state index in [9.17, 15) is 9.90 Å². The van der Waals surface area contributed by atoms with Crippen molar-refractivity contribution in [1.29, 1.82) is 0 Å². The molecule has 0 radical (unpaired) electrons. The van der Waals surface area contributed by atoms with Gasteiger partial charge in [-0.25, -0.2) is 0 Å². The molecule has 7 heteroatoms. The fraction of sp³-hybridized carbons (Fsp3) is 0.611. The first-order valence-corrected chi connectivity index (χ1v) is 8.98. The number of rotatable bonds is 2. The van der Waals surface area contributed by atoms with Crippen LogP contribution in [-0.4, -0.2) is 63.2 Å². The van der Waals surface area contributed by atoms with Crippen LogP contribution in [-0.2, 0) is 4.74 Å². The second kappa shape index (κ2) is 6.38. The molecule has 0 bridgehead atoms. The monoisotopic (exact) mass is 344 g/mol. The Morgan fingerprint density at radius 3 is 2.84 bits per heavy atom. The maximum Gasteiger partial charge on any atom is 0.253 e. The topological polar surface area (TPSA) is 91.3 Å². The molecule has 2 saturated heterocycles. The summed E-state index contributed by atoms with van der Waals surface area (Å²) < 4.78 is 5.43. The summed E-state index contributed by atoms with van der Waals surface area (Å²) in [5.41, 5.74) is 1.36. The molecule has 2 atom stereocenters. The van der Waals surface area contributed by atoms with E-state index in [0.29, 0.717) is 30.6 Å². The van der Waals surface area contributed by atoms with E-state index in [4.69, 9.17) is 4.74 Å². The SMILES string of the molecule is C[C@@H]1CN(C(=O)c2ccc3n[nH]nc3c2)CC[C@@]1(O)C1CCOCC1. The van der Waals surface area contributed by atoms with E-state index in [1.54, 1.807) is 18.2 Å². The average Bonchev–Trinajstić information content (AvgIpc) is 3.12. The molecule has 0 spiro atoms. The molecule has 1 amide bonds. The van der Waals surface area contributed by atoms with Gasteiger partial charge in [0, 0.05) is 37.8 Å². The first-order chi connectivity index (χ1) is 12.1. The molecule has 7 nitrogen and oxygen atoms in total. The summed E-state index contributed by atoms with van der Waals surface area (Å²) in [7, 11) is 0. The van der Waals surface area contributed by atoms with E-state index >= 15 is 0 Å². The number of piperidine rings is 1. The van der Waals surface area contributed by atoms with E-state index in [2.05, 4.69) is 22.3 Å². The quantitative estimate of drug-likeness (QED) is 0.863. The van der Waals surface area contributed by atoms with Crippen LogP contribution in [0.4, 0.5) is 0 Å². The number of carbonyl (C=O) groups excluding carboxylic acids is 1. The largest absolute Gasteiger partial charge is 0.389 e. The van der Waals surface area contributed by atoms with Gasteiger partial charge in [-0.3, -0.25) is 4.79 Å². The minimum atomic E-state index is -0.698. The van der Waals surface area contributed by atoms with Crippen LogP contribution in [0.25, 0.3) is 11.0 Å². The third kappa shape index (κ3) is 2.91. The van der Waals surface area contributed by atoms with Crippen LogP contribution in [0.5, 0.6) is 0 Å². The van der Waals surface area contributed by atoms with Gasteiger partial charge in [0.1, 0.15) is 11.0 Å². The minimum absolute atomic E-state index is 0.00854.